The number of halogens is 1. The Labute approximate surface area is 114 Å². The highest BCUT2D eigenvalue weighted by molar-refractivity contribution is 6.32. The fraction of sp³-hybridized carbons (Fsp3) is 0.250. The summed E-state index contributed by atoms with van der Waals surface area (Å²) in [5.41, 5.74) is 0.902. The first kappa shape index (κ1) is 13.4. The Bertz CT molecular complexity index is 623. The quantitative estimate of drug-likeness (QED) is 0.816. The molecule has 2 rings (SSSR count). The van der Waals surface area contributed by atoms with Gasteiger partial charge in [-0.1, -0.05) is 17.7 Å². The Morgan fingerprint density at radius 2 is 2.05 bits per heavy atom. The zero-order chi connectivity index (χ0) is 13.8. The lowest BCUT2D eigenvalue weighted by Crippen LogP contribution is -2.34. The number of hydrogen-bond acceptors (Lipinski definition) is 3. The molecule has 6 nitrogen and oxygen atoms in total. The van der Waals surface area contributed by atoms with Crippen LogP contribution in [0.2, 0.25) is 5.15 Å². The number of aromatic nitrogens is 2. The number of nitrogens with zero attached hydrogens (tertiary/aromatic N) is 2. The van der Waals surface area contributed by atoms with E-state index in [1.165, 1.54) is 6.92 Å². The summed E-state index contributed by atoms with van der Waals surface area (Å²) in [5.74, 6) is -0.462. The van der Waals surface area contributed by atoms with Crippen molar-refractivity contribution in [3.63, 3.8) is 0 Å². The number of rotatable bonds is 4. The number of imidazole rings is 1. The van der Waals surface area contributed by atoms with Crippen molar-refractivity contribution in [2.45, 2.75) is 6.92 Å². The highest BCUT2D eigenvalue weighted by atomic mass is 35.5. The zero-order valence-corrected chi connectivity index (χ0v) is 11.1. The van der Waals surface area contributed by atoms with Crippen LogP contribution in [0, 0.1) is 0 Å². The maximum absolute atomic E-state index is 12.0. The Balaban J connectivity index is 2.09. The van der Waals surface area contributed by atoms with Gasteiger partial charge in [0, 0.05) is 26.2 Å². The van der Waals surface area contributed by atoms with Gasteiger partial charge in [-0.2, -0.15) is 0 Å². The maximum Gasteiger partial charge on any atom is 0.271 e. The Hall–Kier alpha value is -2.08. The molecule has 0 aliphatic carbocycles. The Morgan fingerprint density at radius 1 is 1.32 bits per heavy atom. The Kier molecular flexibility index (Phi) is 4.01. The van der Waals surface area contributed by atoms with Crippen LogP contribution in [0.3, 0.4) is 0 Å². The fourth-order valence-corrected chi connectivity index (χ4v) is 1.93. The molecule has 0 spiro atoms. The molecule has 0 fully saturated rings. The van der Waals surface area contributed by atoms with Crippen LogP contribution in [-0.4, -0.2) is 34.3 Å². The summed E-state index contributed by atoms with van der Waals surface area (Å²) in [6, 6.07) is 5.37. The largest absolute Gasteiger partial charge is 0.355 e. The van der Waals surface area contributed by atoms with Gasteiger partial charge in [-0.25, -0.2) is 4.98 Å². The third-order valence-corrected chi connectivity index (χ3v) is 2.75. The number of carbonyl (C=O) groups excluding carboxylic acids is 2. The van der Waals surface area contributed by atoms with Gasteiger partial charge in [0.2, 0.25) is 5.91 Å². The lowest BCUT2D eigenvalue weighted by atomic mass is 10.4. The van der Waals surface area contributed by atoms with Crippen LogP contribution < -0.4 is 10.6 Å². The van der Waals surface area contributed by atoms with Gasteiger partial charge in [0.05, 0.1) is 0 Å². The molecule has 0 aromatic carbocycles. The van der Waals surface area contributed by atoms with E-state index in [4.69, 9.17) is 11.6 Å². The van der Waals surface area contributed by atoms with Crippen LogP contribution in [0.25, 0.3) is 5.65 Å². The van der Waals surface area contributed by atoms with Crippen molar-refractivity contribution < 1.29 is 9.59 Å². The van der Waals surface area contributed by atoms with Gasteiger partial charge in [-0.05, 0) is 12.1 Å². The van der Waals surface area contributed by atoms with Gasteiger partial charge in [0.25, 0.3) is 5.91 Å². The molecule has 2 N–H and O–H groups in total. The van der Waals surface area contributed by atoms with E-state index in [1.54, 1.807) is 22.7 Å². The summed E-state index contributed by atoms with van der Waals surface area (Å²) >= 11 is 5.96. The molecule has 7 heteroatoms. The molecule has 2 aromatic rings. The first-order chi connectivity index (χ1) is 9.09. The monoisotopic (exact) mass is 280 g/mol. The van der Waals surface area contributed by atoms with Crippen LogP contribution in [0.5, 0.6) is 0 Å². The summed E-state index contributed by atoms with van der Waals surface area (Å²) in [6.07, 6.45) is 1.72. The summed E-state index contributed by atoms with van der Waals surface area (Å²) in [6.45, 7) is 2.12. The van der Waals surface area contributed by atoms with E-state index in [-0.39, 0.29) is 17.0 Å². The van der Waals surface area contributed by atoms with Gasteiger partial charge in [0.15, 0.2) is 10.8 Å². The fourth-order valence-electron chi connectivity index (χ4n) is 1.67. The molecule has 0 saturated heterocycles. The minimum atomic E-state index is -0.325. The standard InChI is InChI=1S/C12H13ClN4O2/c1-8(18)14-5-6-15-12(19)10-11(13)16-9-4-2-3-7-17(9)10/h2-4,7H,5-6H2,1H3,(H,14,18)(H,15,19). The molecular weight excluding hydrogens is 268 g/mol. The van der Waals surface area contributed by atoms with Crippen molar-refractivity contribution in [2.24, 2.45) is 0 Å². The van der Waals surface area contributed by atoms with E-state index in [0.717, 1.165) is 0 Å². The van der Waals surface area contributed by atoms with Crippen LogP contribution in [-0.2, 0) is 4.79 Å². The van der Waals surface area contributed by atoms with Gasteiger partial charge < -0.3 is 10.6 Å². The Morgan fingerprint density at radius 3 is 2.79 bits per heavy atom. The molecule has 2 aromatic heterocycles. The average Bonchev–Trinajstić information content (AvgIpc) is 2.70. The van der Waals surface area contributed by atoms with Gasteiger partial charge >= 0.3 is 0 Å². The molecule has 0 aliphatic heterocycles. The second kappa shape index (κ2) is 5.71. The lowest BCUT2D eigenvalue weighted by Gasteiger charge is -2.05. The van der Waals surface area contributed by atoms with E-state index < -0.39 is 0 Å². The van der Waals surface area contributed by atoms with Crippen molar-refractivity contribution in [3.8, 4) is 0 Å². The molecule has 0 bridgehead atoms. The van der Waals surface area contributed by atoms with E-state index in [9.17, 15) is 9.59 Å². The van der Waals surface area contributed by atoms with E-state index >= 15 is 0 Å². The smallest absolute Gasteiger partial charge is 0.271 e. The first-order valence-electron chi connectivity index (χ1n) is 5.75. The predicted octanol–water partition coefficient (Wildman–Crippen LogP) is 0.854. The molecule has 100 valence electrons. The molecule has 0 radical (unpaired) electrons. The number of fused-ring (bicyclic) bond motifs is 1. The zero-order valence-electron chi connectivity index (χ0n) is 10.3. The molecule has 2 heterocycles. The third-order valence-electron chi connectivity index (χ3n) is 2.49. The van der Waals surface area contributed by atoms with Crippen LogP contribution in [0.4, 0.5) is 0 Å². The number of pyridine rings is 1. The topological polar surface area (TPSA) is 75.5 Å². The van der Waals surface area contributed by atoms with E-state index in [1.807, 2.05) is 6.07 Å². The molecule has 0 atom stereocenters. The third kappa shape index (κ3) is 3.03. The predicted molar refractivity (Wildman–Crippen MR) is 71.2 cm³/mol. The molecule has 19 heavy (non-hydrogen) atoms. The first-order valence-corrected chi connectivity index (χ1v) is 6.12. The summed E-state index contributed by atoms with van der Waals surface area (Å²) in [7, 11) is 0. The lowest BCUT2D eigenvalue weighted by molar-refractivity contribution is -0.118. The van der Waals surface area contributed by atoms with Crippen molar-refractivity contribution in [1.82, 2.24) is 20.0 Å². The summed E-state index contributed by atoms with van der Waals surface area (Å²) in [4.78, 5) is 26.8. The minimum Gasteiger partial charge on any atom is -0.355 e. The maximum atomic E-state index is 12.0. The number of amides is 2. The average molecular weight is 281 g/mol. The van der Waals surface area contributed by atoms with Gasteiger partial charge in [0.1, 0.15) is 5.65 Å². The minimum absolute atomic E-state index is 0.137. The second-order valence-corrected chi connectivity index (χ2v) is 4.28. The molecule has 0 saturated carbocycles. The van der Waals surface area contributed by atoms with Crippen molar-refractivity contribution >= 4 is 29.1 Å². The highest BCUT2D eigenvalue weighted by Gasteiger charge is 2.17. The molecule has 0 aliphatic rings. The van der Waals surface area contributed by atoms with E-state index in [2.05, 4.69) is 15.6 Å². The number of carbonyl (C=O) groups is 2. The van der Waals surface area contributed by atoms with Gasteiger partial charge in [-0.3, -0.25) is 14.0 Å². The van der Waals surface area contributed by atoms with Crippen molar-refractivity contribution in [2.75, 3.05) is 13.1 Å². The van der Waals surface area contributed by atoms with Gasteiger partial charge in [-0.15, -0.1) is 0 Å². The van der Waals surface area contributed by atoms with Crippen molar-refractivity contribution in [1.29, 1.82) is 0 Å². The normalized spacial score (nSPS) is 10.4. The van der Waals surface area contributed by atoms with Crippen LogP contribution >= 0.6 is 11.6 Å². The SMILES string of the molecule is CC(=O)NCCNC(=O)c1c(Cl)nc2ccccn12. The molecular formula is C12H13ClN4O2. The molecule has 2 amide bonds. The number of nitrogens with one attached hydrogen (secondary N) is 2. The van der Waals surface area contributed by atoms with Crippen LogP contribution in [0.15, 0.2) is 24.4 Å². The number of hydrogen-bond donors (Lipinski definition) is 2. The summed E-state index contributed by atoms with van der Waals surface area (Å²) in [5, 5.41) is 5.42. The summed E-state index contributed by atoms with van der Waals surface area (Å²) < 4.78 is 1.62. The van der Waals surface area contributed by atoms with Crippen molar-refractivity contribution in [3.05, 3.63) is 35.2 Å². The highest BCUT2D eigenvalue weighted by Crippen LogP contribution is 2.17. The van der Waals surface area contributed by atoms with E-state index in [0.29, 0.717) is 24.4 Å². The second-order valence-electron chi connectivity index (χ2n) is 3.92. The van der Waals surface area contributed by atoms with Crippen LogP contribution in [0.1, 0.15) is 17.4 Å². The molecule has 0 unspecified atom stereocenters.